The topological polar surface area (TPSA) is 81.1 Å². The van der Waals surface area contributed by atoms with Crippen LogP contribution in [-0.4, -0.2) is 39.0 Å². The Morgan fingerprint density at radius 3 is 1.73 bits per heavy atom. The Morgan fingerprint density at radius 2 is 1.27 bits per heavy atom. The zero-order chi connectivity index (χ0) is 18.7. The van der Waals surface area contributed by atoms with Gasteiger partial charge in [0.2, 0.25) is 0 Å². The lowest BCUT2D eigenvalue weighted by molar-refractivity contribution is 0.0696. The van der Waals surface area contributed by atoms with Crippen molar-refractivity contribution in [3.05, 3.63) is 95.1 Å². The van der Waals surface area contributed by atoms with E-state index in [1.807, 2.05) is 66.0 Å². The van der Waals surface area contributed by atoms with Gasteiger partial charge in [-0.25, -0.2) is 9.59 Å². The first-order chi connectivity index (χ1) is 12.4. The Hall–Kier alpha value is -3.54. The van der Waals surface area contributed by atoms with Crippen LogP contribution in [0, 0.1) is 0 Å². The van der Waals surface area contributed by atoms with Crippen molar-refractivity contribution in [3.8, 4) is 0 Å². The van der Waals surface area contributed by atoms with E-state index in [-0.39, 0.29) is 11.1 Å². The molecule has 132 valence electrons. The average Bonchev–Trinajstić information content (AvgIpc) is 2.63. The molecule has 0 saturated heterocycles. The smallest absolute Gasteiger partial charge is 0.335 e. The van der Waals surface area contributed by atoms with E-state index in [0.717, 1.165) is 17.2 Å². The summed E-state index contributed by atoms with van der Waals surface area (Å²) < 4.78 is 0. The molecule has 0 spiro atoms. The van der Waals surface area contributed by atoms with Gasteiger partial charge in [0.15, 0.2) is 0 Å². The standard InChI is InChI=1S/C20H18N2O4/c1-21-6-2-15(3-7-21)16-4-8-22(9-5-16)13-14-10-17(19(23)24)12-18(11-14)20(25)26/h2-12H,13H2,1H3,(H,23,24)(H,25,26). The van der Waals surface area contributed by atoms with Crippen LogP contribution in [0.4, 0.5) is 0 Å². The first kappa shape index (κ1) is 17.3. The van der Waals surface area contributed by atoms with Gasteiger partial charge in [-0.05, 0) is 59.2 Å². The molecule has 0 unspecified atom stereocenters. The number of allylic oxidation sites excluding steroid dienone is 6. The lowest BCUT2D eigenvalue weighted by atomic mass is 10.0. The fourth-order valence-electron chi connectivity index (χ4n) is 2.69. The SMILES string of the molecule is CN1C=CC(=C2C=CN(Cc3cc(C(=O)O)cc(C(=O)O)c3)C=C2)C=C1. The summed E-state index contributed by atoms with van der Waals surface area (Å²) in [5.41, 5.74) is 2.71. The summed E-state index contributed by atoms with van der Waals surface area (Å²) in [6.45, 7) is 0.380. The molecule has 6 heteroatoms. The Labute approximate surface area is 151 Å². The highest BCUT2D eigenvalue weighted by atomic mass is 16.4. The van der Waals surface area contributed by atoms with E-state index in [1.165, 1.54) is 12.1 Å². The largest absolute Gasteiger partial charge is 0.478 e. The van der Waals surface area contributed by atoms with Crippen LogP contribution < -0.4 is 0 Å². The van der Waals surface area contributed by atoms with Gasteiger partial charge in [-0.15, -0.1) is 0 Å². The number of nitrogens with zero attached hydrogens (tertiary/aromatic N) is 2. The van der Waals surface area contributed by atoms with Gasteiger partial charge in [0.1, 0.15) is 0 Å². The van der Waals surface area contributed by atoms with Crippen LogP contribution in [0.2, 0.25) is 0 Å². The second-order valence-electron chi connectivity index (χ2n) is 6.04. The molecule has 2 heterocycles. The molecule has 2 aliphatic rings. The van der Waals surface area contributed by atoms with Crippen molar-refractivity contribution in [2.24, 2.45) is 0 Å². The maximum atomic E-state index is 11.2. The molecule has 6 nitrogen and oxygen atoms in total. The van der Waals surface area contributed by atoms with Crippen molar-refractivity contribution in [3.63, 3.8) is 0 Å². The van der Waals surface area contributed by atoms with Gasteiger partial charge in [0.05, 0.1) is 11.1 Å². The normalized spacial score (nSPS) is 15.7. The number of carboxylic acids is 2. The summed E-state index contributed by atoms with van der Waals surface area (Å²) in [5.74, 6) is -2.29. The zero-order valence-electron chi connectivity index (χ0n) is 14.2. The van der Waals surface area contributed by atoms with E-state index in [9.17, 15) is 9.59 Å². The van der Waals surface area contributed by atoms with Crippen molar-refractivity contribution >= 4 is 11.9 Å². The molecule has 2 N–H and O–H groups in total. The molecule has 0 aliphatic carbocycles. The number of aromatic carboxylic acids is 2. The summed E-state index contributed by atoms with van der Waals surface area (Å²) in [6, 6.07) is 4.15. The number of hydrogen-bond acceptors (Lipinski definition) is 4. The highest BCUT2D eigenvalue weighted by Gasteiger charge is 2.13. The predicted molar refractivity (Wildman–Crippen MR) is 97.3 cm³/mol. The molecule has 0 saturated carbocycles. The van der Waals surface area contributed by atoms with Gasteiger partial charge < -0.3 is 20.0 Å². The van der Waals surface area contributed by atoms with Crippen LogP contribution in [0.5, 0.6) is 0 Å². The van der Waals surface area contributed by atoms with Crippen molar-refractivity contribution in [2.45, 2.75) is 6.54 Å². The molecule has 0 atom stereocenters. The molecule has 26 heavy (non-hydrogen) atoms. The Morgan fingerprint density at radius 1 is 0.808 bits per heavy atom. The van der Waals surface area contributed by atoms with Crippen LogP contribution in [-0.2, 0) is 6.54 Å². The van der Waals surface area contributed by atoms with Crippen LogP contribution in [0.3, 0.4) is 0 Å². The van der Waals surface area contributed by atoms with Gasteiger partial charge in [-0.2, -0.15) is 0 Å². The van der Waals surface area contributed by atoms with E-state index in [0.29, 0.717) is 12.1 Å². The lowest BCUT2D eigenvalue weighted by Gasteiger charge is -2.21. The molecule has 3 rings (SSSR count). The number of hydrogen-bond donors (Lipinski definition) is 2. The molecular formula is C20H18N2O4. The van der Waals surface area contributed by atoms with Crippen LogP contribution in [0.1, 0.15) is 26.3 Å². The van der Waals surface area contributed by atoms with Crippen molar-refractivity contribution in [1.82, 2.24) is 9.80 Å². The third-order valence-electron chi connectivity index (χ3n) is 4.05. The summed E-state index contributed by atoms with van der Waals surface area (Å²) in [6.07, 6.45) is 15.7. The average molecular weight is 350 g/mol. The molecule has 0 radical (unpaired) electrons. The molecule has 1 aromatic carbocycles. The van der Waals surface area contributed by atoms with E-state index in [4.69, 9.17) is 10.2 Å². The van der Waals surface area contributed by atoms with Gasteiger partial charge in [-0.3, -0.25) is 0 Å². The van der Waals surface area contributed by atoms with E-state index < -0.39 is 11.9 Å². The van der Waals surface area contributed by atoms with E-state index in [1.54, 1.807) is 0 Å². The summed E-state index contributed by atoms with van der Waals surface area (Å²) >= 11 is 0. The van der Waals surface area contributed by atoms with Gasteiger partial charge in [0, 0.05) is 38.4 Å². The third kappa shape index (κ3) is 3.92. The Kier molecular flexibility index (Phi) is 4.75. The van der Waals surface area contributed by atoms with Gasteiger partial charge >= 0.3 is 11.9 Å². The minimum absolute atomic E-state index is 0.0331. The van der Waals surface area contributed by atoms with E-state index in [2.05, 4.69) is 0 Å². The fraction of sp³-hybridized carbons (Fsp3) is 0.100. The predicted octanol–water partition coefficient (Wildman–Crippen LogP) is 3.20. The number of carbonyl (C=O) groups is 2. The fourth-order valence-corrected chi connectivity index (χ4v) is 2.69. The number of carboxylic acid groups (broad SMARTS) is 2. The van der Waals surface area contributed by atoms with E-state index >= 15 is 0 Å². The van der Waals surface area contributed by atoms with Gasteiger partial charge in [-0.1, -0.05) is 0 Å². The summed E-state index contributed by atoms with van der Waals surface area (Å²) in [4.78, 5) is 26.2. The first-order valence-electron chi connectivity index (χ1n) is 7.98. The van der Waals surface area contributed by atoms with Crippen LogP contribution in [0.25, 0.3) is 0 Å². The maximum Gasteiger partial charge on any atom is 0.335 e. The molecule has 0 fully saturated rings. The zero-order valence-corrected chi connectivity index (χ0v) is 14.2. The monoisotopic (exact) mass is 350 g/mol. The second kappa shape index (κ2) is 7.14. The molecule has 1 aromatic rings. The number of benzene rings is 1. The van der Waals surface area contributed by atoms with Crippen molar-refractivity contribution < 1.29 is 19.8 Å². The quantitative estimate of drug-likeness (QED) is 0.868. The number of rotatable bonds is 4. The third-order valence-corrected chi connectivity index (χ3v) is 4.05. The summed E-state index contributed by atoms with van der Waals surface area (Å²) in [7, 11) is 1.96. The first-order valence-corrected chi connectivity index (χ1v) is 7.98. The minimum atomic E-state index is -1.15. The van der Waals surface area contributed by atoms with Gasteiger partial charge in [0.25, 0.3) is 0 Å². The molecule has 0 bridgehead atoms. The molecule has 0 aromatic heterocycles. The minimum Gasteiger partial charge on any atom is -0.478 e. The van der Waals surface area contributed by atoms with Crippen LogP contribution >= 0.6 is 0 Å². The second-order valence-corrected chi connectivity index (χ2v) is 6.04. The maximum absolute atomic E-state index is 11.2. The Balaban J connectivity index is 1.78. The Bertz CT molecular complexity index is 842. The lowest BCUT2D eigenvalue weighted by Crippen LogP contribution is -2.13. The molecular weight excluding hydrogens is 332 g/mol. The van der Waals surface area contributed by atoms with Crippen LogP contribution in [0.15, 0.2) is 78.4 Å². The molecule has 0 amide bonds. The highest BCUT2D eigenvalue weighted by molar-refractivity contribution is 5.94. The molecule has 2 aliphatic heterocycles. The van der Waals surface area contributed by atoms with Crippen molar-refractivity contribution in [2.75, 3.05) is 7.05 Å². The van der Waals surface area contributed by atoms with Crippen molar-refractivity contribution in [1.29, 1.82) is 0 Å². The highest BCUT2D eigenvalue weighted by Crippen LogP contribution is 2.21. The summed E-state index contributed by atoms with van der Waals surface area (Å²) in [5, 5.41) is 18.3.